The molecule has 0 amide bonds. The largest absolute Gasteiger partial charge is 0.208 e. The third-order valence-corrected chi connectivity index (χ3v) is 20.9. The van der Waals surface area contributed by atoms with E-state index < -0.39 is 5.41 Å². The van der Waals surface area contributed by atoms with Crippen LogP contribution in [0.25, 0.3) is 158 Å². The van der Waals surface area contributed by atoms with Gasteiger partial charge in [0.25, 0.3) is 0 Å². The normalized spacial score (nSPS) is 12.3. The van der Waals surface area contributed by atoms with Crippen molar-refractivity contribution in [2.24, 2.45) is 0 Å². The number of hydrogen-bond donors (Lipinski definition) is 0. The first-order chi connectivity index (χ1) is 51.4. The topological polar surface area (TPSA) is 140 Å². The minimum absolute atomic E-state index is 0.537. The van der Waals surface area contributed by atoms with Gasteiger partial charge in [-0.25, -0.2) is 44.9 Å². The van der Waals surface area contributed by atoms with Gasteiger partial charge in [-0.2, -0.15) is 5.26 Å². The van der Waals surface area contributed by atoms with Gasteiger partial charge in [-0.15, -0.1) is 0 Å². The standard InChI is InChI=1S/C93H56N10S/c94-57-58-39-50-75-76-56-72(49-52-77(76)93(80(75)53-58)78-35-15-17-37-81(78)104-82-38-18-16-36-79(82)93)92-101-87(65-28-11-4-12-29-65)100-91(103-92)71-33-20-31-69(55-71)68-30-19-32-70(54-68)90-99-86(64-26-9-3-10-27-64)98-89(102-90)66-44-40-60(41-45-66)74-51-48-59-21-13-14-34-73(59)83(74)61-42-46-67(47-43-61)88-96-84(62-22-5-1-6-23-62)95-85(97-88)63-24-7-2-8-25-63/h1-56H. The molecular weight excluding hydrogens is 1290 g/mol. The number of rotatable bonds is 12. The molecule has 0 bridgehead atoms. The molecular formula is C93H56N10S. The molecule has 0 fully saturated rings. The third-order valence-electron chi connectivity index (χ3n) is 19.8. The fourth-order valence-electron chi connectivity index (χ4n) is 14.8. The molecule has 0 unspecified atom stereocenters. The average molecular weight is 1350 g/mol. The molecule has 104 heavy (non-hydrogen) atoms. The van der Waals surface area contributed by atoms with Crippen LogP contribution in [0.1, 0.15) is 27.8 Å². The molecule has 0 saturated carbocycles. The van der Waals surface area contributed by atoms with Gasteiger partial charge in [-0.05, 0) is 120 Å². The Morgan fingerprint density at radius 1 is 0.231 bits per heavy atom. The van der Waals surface area contributed by atoms with Gasteiger partial charge >= 0.3 is 0 Å². The zero-order valence-corrected chi connectivity index (χ0v) is 56.5. The van der Waals surface area contributed by atoms with E-state index in [0.29, 0.717) is 58.0 Å². The lowest BCUT2D eigenvalue weighted by Crippen LogP contribution is -2.32. The van der Waals surface area contributed by atoms with E-state index in [1.54, 1.807) is 11.8 Å². The summed E-state index contributed by atoms with van der Waals surface area (Å²) in [4.78, 5) is 48.8. The molecule has 0 N–H and O–H groups in total. The summed E-state index contributed by atoms with van der Waals surface area (Å²) in [5.74, 6) is 5.14. The molecule has 484 valence electrons. The minimum Gasteiger partial charge on any atom is -0.208 e. The van der Waals surface area contributed by atoms with E-state index in [1.807, 2.05) is 127 Å². The Bertz CT molecular complexity index is 6160. The van der Waals surface area contributed by atoms with Gasteiger partial charge in [0.05, 0.1) is 17.0 Å². The maximum absolute atomic E-state index is 10.4. The number of benzene rings is 14. The van der Waals surface area contributed by atoms with Crippen molar-refractivity contribution in [1.82, 2.24) is 44.9 Å². The Morgan fingerprint density at radius 2 is 0.587 bits per heavy atom. The summed E-state index contributed by atoms with van der Waals surface area (Å²) >= 11 is 1.80. The highest BCUT2D eigenvalue weighted by Gasteiger charge is 2.50. The lowest BCUT2D eigenvalue weighted by atomic mass is 9.67. The van der Waals surface area contributed by atoms with Crippen molar-refractivity contribution in [3.63, 3.8) is 0 Å². The second kappa shape index (κ2) is 25.7. The Hall–Kier alpha value is -13.8. The first-order valence-electron chi connectivity index (χ1n) is 34.5. The van der Waals surface area contributed by atoms with Crippen LogP contribution in [0.3, 0.4) is 0 Å². The van der Waals surface area contributed by atoms with Gasteiger partial charge in [-0.3, -0.25) is 0 Å². The summed E-state index contributed by atoms with van der Waals surface area (Å²) in [6.07, 6.45) is 0. The molecule has 3 aromatic heterocycles. The van der Waals surface area contributed by atoms with Crippen LogP contribution in [0.4, 0.5) is 0 Å². The quantitative estimate of drug-likeness (QED) is 0.115. The van der Waals surface area contributed by atoms with Crippen LogP contribution in [-0.2, 0) is 5.41 Å². The zero-order valence-electron chi connectivity index (χ0n) is 55.7. The molecule has 0 atom stereocenters. The lowest BCUT2D eigenvalue weighted by molar-refractivity contribution is 0.722. The van der Waals surface area contributed by atoms with E-state index in [0.717, 1.165) is 116 Å². The van der Waals surface area contributed by atoms with Crippen molar-refractivity contribution in [2.75, 3.05) is 0 Å². The smallest absolute Gasteiger partial charge is 0.164 e. The summed E-state index contributed by atoms with van der Waals surface area (Å²) < 4.78 is 0. The van der Waals surface area contributed by atoms with Gasteiger partial charge in [0.1, 0.15) is 0 Å². The number of nitrogens with zero attached hydrogens (tertiary/aromatic N) is 10. The van der Waals surface area contributed by atoms with Gasteiger partial charge in [0.15, 0.2) is 52.4 Å². The molecule has 11 heteroatoms. The van der Waals surface area contributed by atoms with Crippen LogP contribution < -0.4 is 0 Å². The highest BCUT2D eigenvalue weighted by Crippen LogP contribution is 2.62. The van der Waals surface area contributed by atoms with Crippen LogP contribution >= 0.6 is 11.8 Å². The Balaban J connectivity index is 0.662. The molecule has 4 heterocycles. The van der Waals surface area contributed by atoms with Crippen molar-refractivity contribution in [2.45, 2.75) is 15.2 Å². The van der Waals surface area contributed by atoms with Gasteiger partial charge in [0.2, 0.25) is 0 Å². The SMILES string of the molecule is N#Cc1ccc2c(c1)C1(c3ccccc3Sc3ccccc31)c1ccc(-c3nc(-c4ccccc4)nc(-c4cccc(-c5cccc(-c6nc(-c7ccccc7)nc(-c7ccc(-c8ccc9ccccc9c8-c8ccc(-c9nc(-c%10ccccc%10)nc(-c%10ccccc%10)n9)cc8)cc7)n6)c5)c4)n3)cc1-2. The van der Waals surface area contributed by atoms with Crippen molar-refractivity contribution < 1.29 is 0 Å². The third kappa shape index (κ3) is 10.9. The monoisotopic (exact) mass is 1340 g/mol. The molecule has 14 aromatic carbocycles. The van der Waals surface area contributed by atoms with Gasteiger partial charge in [-0.1, -0.05) is 309 Å². The van der Waals surface area contributed by atoms with Crippen molar-refractivity contribution in [1.29, 1.82) is 5.26 Å². The van der Waals surface area contributed by atoms with Crippen LogP contribution in [0.5, 0.6) is 0 Å². The van der Waals surface area contributed by atoms with E-state index in [9.17, 15) is 5.26 Å². The fraction of sp³-hybridized carbons (Fsp3) is 0.0108. The minimum atomic E-state index is -0.652. The van der Waals surface area contributed by atoms with Gasteiger partial charge in [0, 0.05) is 59.9 Å². The van der Waals surface area contributed by atoms with E-state index >= 15 is 0 Å². The van der Waals surface area contributed by atoms with E-state index in [2.05, 4.69) is 218 Å². The predicted molar refractivity (Wildman–Crippen MR) is 415 cm³/mol. The first kappa shape index (κ1) is 61.3. The van der Waals surface area contributed by atoms with Gasteiger partial charge < -0.3 is 0 Å². The maximum Gasteiger partial charge on any atom is 0.164 e. The van der Waals surface area contributed by atoms with Crippen LogP contribution in [0, 0.1) is 11.3 Å². The number of fused-ring (bicyclic) bond motifs is 10. The first-order valence-corrected chi connectivity index (χ1v) is 35.3. The lowest BCUT2D eigenvalue weighted by Gasteiger charge is -2.39. The number of aromatic nitrogens is 9. The summed E-state index contributed by atoms with van der Waals surface area (Å²) in [6.45, 7) is 0. The van der Waals surface area contributed by atoms with Crippen LogP contribution in [-0.4, -0.2) is 44.9 Å². The molecule has 10 nitrogen and oxygen atoms in total. The maximum atomic E-state index is 10.4. The van der Waals surface area contributed by atoms with E-state index in [4.69, 9.17) is 44.9 Å². The number of hydrogen-bond acceptors (Lipinski definition) is 11. The van der Waals surface area contributed by atoms with Crippen molar-refractivity contribution in [3.05, 3.63) is 368 Å². The molecule has 19 rings (SSSR count). The van der Waals surface area contributed by atoms with Crippen LogP contribution in [0.2, 0.25) is 0 Å². The summed E-state index contributed by atoms with van der Waals surface area (Å²) in [7, 11) is 0. The molecule has 0 radical (unpaired) electrons. The molecule has 1 spiro atoms. The molecule has 17 aromatic rings. The highest BCUT2D eigenvalue weighted by atomic mass is 32.2. The summed E-state index contributed by atoms with van der Waals surface area (Å²) in [6, 6.07) is 120. The molecule has 0 saturated heterocycles. The number of nitriles is 1. The van der Waals surface area contributed by atoms with Crippen molar-refractivity contribution in [3.8, 4) is 153 Å². The average Bonchev–Trinajstić information content (AvgIpc) is 1.49. The highest BCUT2D eigenvalue weighted by molar-refractivity contribution is 7.99. The van der Waals surface area contributed by atoms with Crippen molar-refractivity contribution >= 4 is 22.5 Å². The molecule has 1 aliphatic carbocycles. The van der Waals surface area contributed by atoms with E-state index in [1.165, 1.54) is 20.9 Å². The molecule has 2 aliphatic rings. The van der Waals surface area contributed by atoms with E-state index in [-0.39, 0.29) is 0 Å². The summed E-state index contributed by atoms with van der Waals surface area (Å²) in [5, 5.41) is 12.7. The van der Waals surface area contributed by atoms with Crippen LogP contribution in [0.15, 0.2) is 350 Å². The fourth-order valence-corrected chi connectivity index (χ4v) is 16.0. The molecule has 1 aliphatic heterocycles. The predicted octanol–water partition coefficient (Wildman–Crippen LogP) is 22.1. The Morgan fingerprint density at radius 3 is 1.06 bits per heavy atom. The second-order valence-corrected chi connectivity index (χ2v) is 27.0. The Kier molecular flexibility index (Phi) is 15.2. The second-order valence-electron chi connectivity index (χ2n) is 25.9. The summed E-state index contributed by atoms with van der Waals surface area (Å²) in [5.41, 5.74) is 20.8. The Labute approximate surface area is 604 Å². The zero-order chi connectivity index (χ0) is 69.1.